The fourth-order valence-corrected chi connectivity index (χ4v) is 7.44. The zero-order chi connectivity index (χ0) is 45.2. The van der Waals surface area contributed by atoms with E-state index in [1.54, 1.807) is 60.7 Å². The van der Waals surface area contributed by atoms with Gasteiger partial charge in [0.15, 0.2) is 5.43 Å². The second-order valence-electron chi connectivity index (χ2n) is 14.4. The maximum absolute atomic E-state index is 13.4. The number of nitrogens with two attached hydrogens (primary N) is 1. The summed E-state index contributed by atoms with van der Waals surface area (Å²) in [6.45, 7) is 4.70. The summed E-state index contributed by atoms with van der Waals surface area (Å²) in [6.07, 6.45) is 0.0989. The summed E-state index contributed by atoms with van der Waals surface area (Å²) in [5, 5.41) is 6.12. The van der Waals surface area contributed by atoms with Gasteiger partial charge in [-0.2, -0.15) is 0 Å². The first kappa shape index (κ1) is 45.2. The molecule has 2 aliphatic heterocycles. The lowest BCUT2D eigenvalue weighted by Crippen LogP contribution is -2.54. The minimum atomic E-state index is -1.06. The predicted molar refractivity (Wildman–Crippen MR) is 233 cm³/mol. The van der Waals surface area contributed by atoms with Gasteiger partial charge in [-0.05, 0) is 61.9 Å². The molecule has 3 heterocycles. The molecule has 7 rings (SSSR count). The van der Waals surface area contributed by atoms with Gasteiger partial charge in [0, 0.05) is 41.9 Å². The van der Waals surface area contributed by atoms with Crippen LogP contribution in [0.5, 0.6) is 17.2 Å². The molecule has 0 bridgehead atoms. The maximum Gasteiger partial charge on any atom is 0.266 e. The Morgan fingerprint density at radius 3 is 2.27 bits per heavy atom. The number of fused-ring (bicyclic) bond motifs is 2. The molecule has 1 aromatic heterocycles. The minimum Gasteiger partial charge on any atom is -0.493 e. The fraction of sp³-hybridized carbons (Fsp3) is 0.304. The van der Waals surface area contributed by atoms with E-state index in [0.29, 0.717) is 84.8 Å². The highest BCUT2D eigenvalue weighted by molar-refractivity contribution is 6.33. The van der Waals surface area contributed by atoms with Crippen molar-refractivity contribution in [1.82, 2.24) is 10.2 Å². The number of rotatable bonds is 22. The van der Waals surface area contributed by atoms with Crippen LogP contribution in [0.4, 0.5) is 5.69 Å². The molecule has 64 heavy (non-hydrogen) atoms. The number of para-hydroxylation sites is 1. The van der Waals surface area contributed by atoms with Gasteiger partial charge in [-0.25, -0.2) is 0 Å². The Bertz CT molecular complexity index is 2630. The van der Waals surface area contributed by atoms with E-state index in [4.69, 9.17) is 50.2 Å². The van der Waals surface area contributed by atoms with Gasteiger partial charge < -0.3 is 43.9 Å². The number of anilines is 1. The summed E-state index contributed by atoms with van der Waals surface area (Å²) in [7, 11) is 0. The number of hydrogen-bond acceptors (Lipinski definition) is 14. The number of carbonyl (C=O) groups excluding carboxylic acids is 5. The Kier molecular flexibility index (Phi) is 14.9. The topological polar surface area (TPSA) is 224 Å². The number of primary amides is 1. The third-order valence-electron chi connectivity index (χ3n) is 10.2. The van der Waals surface area contributed by atoms with Gasteiger partial charge in [0.2, 0.25) is 11.8 Å². The number of ether oxygens (including phenoxy) is 6. The molecule has 5 aromatic rings. The molecule has 4 N–H and O–H groups in total. The molecule has 17 nitrogen and oxygen atoms in total. The number of nitrogens with zero attached hydrogens (tertiary/aromatic N) is 1. The molecule has 334 valence electrons. The first-order valence-corrected chi connectivity index (χ1v) is 20.9. The van der Waals surface area contributed by atoms with Gasteiger partial charge in [-0.15, -0.1) is 0 Å². The Labute approximate surface area is 371 Å². The Hall–Kier alpha value is -6.79. The van der Waals surface area contributed by atoms with Crippen LogP contribution in [0.25, 0.3) is 22.3 Å². The molecule has 4 aromatic carbocycles. The minimum absolute atomic E-state index is 0.0140. The number of halogens is 1. The number of hydrogen-bond donors (Lipinski definition) is 3. The summed E-state index contributed by atoms with van der Waals surface area (Å²) in [5.74, 6) is -1.73. The van der Waals surface area contributed by atoms with E-state index in [1.165, 1.54) is 12.1 Å². The van der Waals surface area contributed by atoms with Crippen molar-refractivity contribution >= 4 is 57.8 Å². The fourth-order valence-electron chi connectivity index (χ4n) is 7.16. The van der Waals surface area contributed by atoms with Gasteiger partial charge >= 0.3 is 0 Å². The van der Waals surface area contributed by atoms with Gasteiger partial charge in [0.05, 0.1) is 73.3 Å². The lowest BCUT2D eigenvalue weighted by molar-refractivity contribution is -0.136. The number of nitrogens with one attached hydrogen (secondary N) is 2. The second-order valence-corrected chi connectivity index (χ2v) is 14.9. The smallest absolute Gasteiger partial charge is 0.266 e. The summed E-state index contributed by atoms with van der Waals surface area (Å²) in [6, 6.07) is 20.2. The normalized spacial score (nSPS) is 14.7. The Balaban J connectivity index is 0.800. The van der Waals surface area contributed by atoms with Gasteiger partial charge in [0.1, 0.15) is 47.8 Å². The third-order valence-corrected chi connectivity index (χ3v) is 10.5. The highest BCUT2D eigenvalue weighted by atomic mass is 35.5. The highest BCUT2D eigenvalue weighted by Gasteiger charge is 2.46. The van der Waals surface area contributed by atoms with Crippen molar-refractivity contribution in [3.63, 3.8) is 0 Å². The number of amides is 5. The lowest BCUT2D eigenvalue weighted by atomic mass is 10.0. The Morgan fingerprint density at radius 2 is 1.53 bits per heavy atom. The van der Waals surface area contributed by atoms with E-state index in [-0.39, 0.29) is 66.3 Å². The van der Waals surface area contributed by atoms with Crippen molar-refractivity contribution in [2.24, 2.45) is 5.73 Å². The monoisotopic (exact) mass is 896 g/mol. The largest absolute Gasteiger partial charge is 0.493 e. The van der Waals surface area contributed by atoms with Crippen LogP contribution in [0.15, 0.2) is 88.1 Å². The van der Waals surface area contributed by atoms with Crippen LogP contribution in [0.1, 0.15) is 56.4 Å². The average Bonchev–Trinajstić information content (AvgIpc) is 3.53. The molecule has 0 saturated carbocycles. The van der Waals surface area contributed by atoms with Crippen LogP contribution < -0.4 is 36.0 Å². The van der Waals surface area contributed by atoms with Gasteiger partial charge in [-0.3, -0.25) is 39.0 Å². The quantitative estimate of drug-likeness (QED) is 0.0605. The molecular weight excluding hydrogens is 852 g/mol. The third kappa shape index (κ3) is 10.5. The summed E-state index contributed by atoms with van der Waals surface area (Å²) < 4.78 is 40.5. The number of imide groups is 2. The number of piperidine rings is 1. The van der Waals surface area contributed by atoms with Crippen LogP contribution in [0, 0.1) is 0 Å². The summed E-state index contributed by atoms with van der Waals surface area (Å²) in [4.78, 5) is 76.2. The summed E-state index contributed by atoms with van der Waals surface area (Å²) in [5.41, 5.74) is 7.82. The Morgan fingerprint density at radius 1 is 0.797 bits per heavy atom. The standard InChI is InChI=1S/C46H45ClN4O13/c1-2-61-38-25-40-32(22-27(38)26-63-36-8-4-3-6-30(36)43(48)54)35(52)24-39(64-40)29-11-10-28(23-33(29)47)49-14-15-58-16-17-59-18-19-60-20-21-62-37-9-5-7-31-42(37)46(57)51(45(31)56)34-12-13-41(53)50-44(34)55/h3-11,22-25,34,49H,2,12-21,26H2,1H3,(H2,48,54)(H,50,53,55). The van der Waals surface area contributed by atoms with Crippen molar-refractivity contribution in [2.75, 3.05) is 64.7 Å². The molecule has 1 saturated heterocycles. The van der Waals surface area contributed by atoms with Crippen LogP contribution >= 0.6 is 11.6 Å². The molecule has 1 atom stereocenters. The maximum atomic E-state index is 13.4. The molecule has 18 heteroatoms. The lowest BCUT2D eigenvalue weighted by Gasteiger charge is -2.27. The van der Waals surface area contributed by atoms with Crippen molar-refractivity contribution in [3.05, 3.63) is 116 Å². The van der Waals surface area contributed by atoms with E-state index in [2.05, 4.69) is 10.6 Å². The molecular formula is C46H45ClN4O13. The van der Waals surface area contributed by atoms with Crippen molar-refractivity contribution in [2.45, 2.75) is 32.4 Å². The molecule has 0 radical (unpaired) electrons. The molecule has 0 spiro atoms. The van der Waals surface area contributed by atoms with Gasteiger partial charge in [0.25, 0.3) is 17.7 Å². The van der Waals surface area contributed by atoms with Crippen molar-refractivity contribution < 1.29 is 56.8 Å². The van der Waals surface area contributed by atoms with E-state index in [1.807, 2.05) is 13.0 Å². The highest BCUT2D eigenvalue weighted by Crippen LogP contribution is 2.35. The van der Waals surface area contributed by atoms with E-state index in [9.17, 15) is 28.8 Å². The first-order valence-electron chi connectivity index (χ1n) is 20.5. The van der Waals surface area contributed by atoms with Crippen LogP contribution in [-0.2, 0) is 30.4 Å². The number of benzene rings is 4. The van der Waals surface area contributed by atoms with Crippen molar-refractivity contribution in [3.8, 4) is 28.6 Å². The molecule has 0 aliphatic carbocycles. The van der Waals surface area contributed by atoms with Crippen LogP contribution in [-0.4, -0.2) is 99.9 Å². The molecule has 5 amide bonds. The molecule has 1 fully saturated rings. The SMILES string of the molecule is CCOc1cc2oc(-c3ccc(NCCOCCOCCOCCOc4cccc5c4C(=O)N(C4CCC(=O)NC4=O)C5=O)cc3Cl)cc(=O)c2cc1COc1ccccc1C(N)=O. The first-order chi connectivity index (χ1) is 31.0. The van der Waals surface area contributed by atoms with Crippen LogP contribution in [0.3, 0.4) is 0 Å². The van der Waals surface area contributed by atoms with E-state index in [0.717, 1.165) is 10.6 Å². The van der Waals surface area contributed by atoms with Gasteiger partial charge in [-0.1, -0.05) is 29.8 Å². The average molecular weight is 897 g/mol. The zero-order valence-electron chi connectivity index (χ0n) is 34.8. The van der Waals surface area contributed by atoms with E-state index >= 15 is 0 Å². The molecule has 1 unspecified atom stereocenters. The van der Waals surface area contributed by atoms with E-state index < -0.39 is 35.6 Å². The van der Waals surface area contributed by atoms with Crippen LogP contribution in [0.2, 0.25) is 5.02 Å². The summed E-state index contributed by atoms with van der Waals surface area (Å²) >= 11 is 6.67. The zero-order valence-corrected chi connectivity index (χ0v) is 35.5. The molecule has 2 aliphatic rings. The second kappa shape index (κ2) is 21.1. The predicted octanol–water partition coefficient (Wildman–Crippen LogP) is 5.13. The number of carbonyl (C=O) groups is 5. The van der Waals surface area contributed by atoms with Crippen molar-refractivity contribution in [1.29, 1.82) is 0 Å².